The minimum Gasteiger partial charge on any atom is -0.481 e. The van der Waals surface area contributed by atoms with Crippen LogP contribution in [0.15, 0.2) is 30.3 Å². The lowest BCUT2D eigenvalue weighted by molar-refractivity contribution is -0.144. The second kappa shape index (κ2) is 29.9. The van der Waals surface area contributed by atoms with Gasteiger partial charge in [-0.1, -0.05) is 64.4 Å². The first-order valence-electron chi connectivity index (χ1n) is 23.1. The minimum absolute atomic E-state index is 0.0739. The minimum atomic E-state index is -1.96. The fourth-order valence-corrected chi connectivity index (χ4v) is 7.24. The van der Waals surface area contributed by atoms with Gasteiger partial charge < -0.3 is 69.3 Å². The molecule has 0 aromatic heterocycles. The third kappa shape index (κ3) is 20.6. The fourth-order valence-electron chi connectivity index (χ4n) is 7.24. The van der Waals surface area contributed by atoms with Gasteiger partial charge in [-0.2, -0.15) is 0 Å². The summed E-state index contributed by atoms with van der Waals surface area (Å²) in [6.07, 6.45) is -2.12. The number of benzene rings is 1. The van der Waals surface area contributed by atoms with Crippen molar-refractivity contribution in [2.24, 2.45) is 23.3 Å². The van der Waals surface area contributed by atoms with Crippen molar-refractivity contribution in [3.05, 3.63) is 35.9 Å². The molecule has 0 saturated carbocycles. The van der Waals surface area contributed by atoms with Crippen molar-refractivity contribution < 1.29 is 68.1 Å². The zero-order chi connectivity index (χ0) is 51.8. The highest BCUT2D eigenvalue weighted by atomic mass is 16.4. The van der Waals surface area contributed by atoms with E-state index in [4.69, 9.17) is 11.5 Å². The monoisotopic (exact) mass is 975 g/mol. The number of carboxylic acid groups (broad SMARTS) is 3. The van der Waals surface area contributed by atoms with Crippen LogP contribution in [0.4, 0.5) is 0 Å². The van der Waals surface area contributed by atoms with Crippen LogP contribution in [0.1, 0.15) is 104 Å². The van der Waals surface area contributed by atoms with Crippen LogP contribution in [0.5, 0.6) is 0 Å². The predicted octanol–water partition coefficient (Wildman–Crippen LogP) is -2.10. The smallest absolute Gasteiger partial charge is 0.305 e. The Bertz CT molecular complexity index is 1950. The van der Waals surface area contributed by atoms with Crippen molar-refractivity contribution in [2.75, 3.05) is 13.1 Å². The van der Waals surface area contributed by atoms with E-state index in [1.807, 2.05) is 0 Å². The average molecular weight is 975 g/mol. The molecular formula is C45H70N10O14. The van der Waals surface area contributed by atoms with Gasteiger partial charge in [0.05, 0.1) is 12.8 Å². The highest BCUT2D eigenvalue weighted by Crippen LogP contribution is 2.14. The molecule has 2 rings (SSSR count). The van der Waals surface area contributed by atoms with Gasteiger partial charge in [0.25, 0.3) is 0 Å². The van der Waals surface area contributed by atoms with E-state index in [0.29, 0.717) is 18.4 Å². The molecule has 24 heteroatoms. The molecule has 0 unspecified atom stereocenters. The van der Waals surface area contributed by atoms with Crippen LogP contribution < -0.4 is 54.0 Å². The van der Waals surface area contributed by atoms with Gasteiger partial charge in [-0.05, 0) is 75.4 Å². The second-order valence-corrected chi connectivity index (χ2v) is 17.4. The molecule has 9 atom stereocenters. The maximum Gasteiger partial charge on any atom is 0.305 e. The fraction of sp³-hybridized carbons (Fsp3) is 0.622. The summed E-state index contributed by atoms with van der Waals surface area (Å²) in [6.45, 7) is 6.80. The molecule has 1 saturated heterocycles. The van der Waals surface area contributed by atoms with Gasteiger partial charge in [0.2, 0.25) is 47.3 Å². The van der Waals surface area contributed by atoms with E-state index in [-0.39, 0.29) is 51.6 Å². The highest BCUT2D eigenvalue weighted by molar-refractivity contribution is 6.00. The van der Waals surface area contributed by atoms with Gasteiger partial charge in [0.1, 0.15) is 48.3 Å². The van der Waals surface area contributed by atoms with E-state index in [1.54, 1.807) is 58.0 Å². The van der Waals surface area contributed by atoms with E-state index >= 15 is 0 Å². The van der Waals surface area contributed by atoms with Crippen LogP contribution in [-0.4, -0.2) is 142 Å². The Morgan fingerprint density at radius 1 is 0.493 bits per heavy atom. The van der Waals surface area contributed by atoms with E-state index in [2.05, 4.69) is 42.5 Å². The van der Waals surface area contributed by atoms with Crippen LogP contribution in [0.3, 0.4) is 0 Å². The lowest BCUT2D eigenvalue weighted by Crippen LogP contribution is -2.63. The van der Waals surface area contributed by atoms with Crippen molar-refractivity contribution >= 4 is 65.2 Å². The van der Waals surface area contributed by atoms with E-state index in [9.17, 15) is 68.1 Å². The molecule has 0 radical (unpaired) electrons. The summed E-state index contributed by atoms with van der Waals surface area (Å²) in [5.74, 6) is -14.1. The number of nitrogens with one attached hydrogen (secondary N) is 8. The number of carbonyl (C=O) groups excluding carboxylic acids is 8. The molecule has 1 aliphatic rings. The molecule has 8 amide bonds. The summed E-state index contributed by atoms with van der Waals surface area (Å²) in [7, 11) is 0. The summed E-state index contributed by atoms with van der Waals surface area (Å²) in [5, 5.41) is 48.9. The highest BCUT2D eigenvalue weighted by Gasteiger charge is 2.38. The van der Waals surface area contributed by atoms with Gasteiger partial charge in [-0.15, -0.1) is 0 Å². The lowest BCUT2D eigenvalue weighted by atomic mass is 9.95. The summed E-state index contributed by atoms with van der Waals surface area (Å²) in [6, 6.07) is -4.31. The molecule has 1 aliphatic heterocycles. The Morgan fingerprint density at radius 2 is 0.870 bits per heavy atom. The predicted molar refractivity (Wildman–Crippen MR) is 247 cm³/mol. The number of unbranched alkanes of at least 4 members (excludes halogenated alkanes) is 2. The molecule has 1 aromatic rings. The Hall–Kier alpha value is -6.69. The molecule has 0 bridgehead atoms. The summed E-state index contributed by atoms with van der Waals surface area (Å²) in [5.41, 5.74) is 11.9. The number of aliphatic carboxylic acids is 3. The number of amides is 8. The molecule has 69 heavy (non-hydrogen) atoms. The quantitative estimate of drug-likeness (QED) is 0.0622. The third-order valence-electron chi connectivity index (χ3n) is 11.4. The number of hydrogen-bond donors (Lipinski definition) is 13. The summed E-state index contributed by atoms with van der Waals surface area (Å²) >= 11 is 0. The molecule has 0 aliphatic carbocycles. The van der Waals surface area contributed by atoms with Gasteiger partial charge in [0, 0.05) is 12.8 Å². The molecule has 384 valence electrons. The Morgan fingerprint density at radius 3 is 1.29 bits per heavy atom. The van der Waals surface area contributed by atoms with Crippen LogP contribution in [0.25, 0.3) is 0 Å². The first-order valence-corrected chi connectivity index (χ1v) is 23.1. The molecule has 15 N–H and O–H groups in total. The first-order chi connectivity index (χ1) is 32.6. The first kappa shape index (κ1) is 58.4. The number of carboxylic acids is 3. The standard InChI is InChI=1S/C45H70N10O14/c1-5-25(4)37-45(69)53-32(23-35(60)61)42(66)52-31(22-34(58)59)41(65)49-28(16-10-12-20-47)38(62)48-27(15-9-11-19-46)39(63)50-29(17-18-33(56)57)40(64)51-30(21-26-13-7-6-8-14-26)43(67)54-36(24(2)3)44(68)55-37/h6-8,13-14,24-25,27-32,36-37H,5,9-12,15-23,46-47H2,1-4H3,(H,48,62)(H,49,65)(H,50,63)(H,51,64)(H,52,66)(H,53,69)(H,54,67)(H,55,68)(H,56,57)(H,58,59)(H,60,61)/t25-,27-,28-,29-,30-,31-,32-,36-,37-/m0/s1. The molecule has 24 nitrogen and oxygen atoms in total. The molecule has 1 heterocycles. The zero-order valence-corrected chi connectivity index (χ0v) is 39.5. The molecule has 1 aromatic carbocycles. The Labute approximate surface area is 400 Å². The number of hydrogen-bond acceptors (Lipinski definition) is 13. The van der Waals surface area contributed by atoms with Crippen molar-refractivity contribution in [1.29, 1.82) is 0 Å². The topological polar surface area (TPSA) is 397 Å². The van der Waals surface area contributed by atoms with Crippen molar-refractivity contribution in [2.45, 2.75) is 153 Å². The maximum absolute atomic E-state index is 14.3. The summed E-state index contributed by atoms with van der Waals surface area (Å²) < 4.78 is 0. The van der Waals surface area contributed by atoms with Crippen LogP contribution >= 0.6 is 0 Å². The van der Waals surface area contributed by atoms with Crippen LogP contribution in [-0.2, 0) is 59.2 Å². The van der Waals surface area contributed by atoms with Crippen LogP contribution in [0.2, 0.25) is 0 Å². The van der Waals surface area contributed by atoms with Crippen molar-refractivity contribution in [3.8, 4) is 0 Å². The Kier molecular flexibility index (Phi) is 25.4. The van der Waals surface area contributed by atoms with Gasteiger partial charge in [-0.25, -0.2) is 0 Å². The zero-order valence-electron chi connectivity index (χ0n) is 39.5. The largest absolute Gasteiger partial charge is 0.481 e. The van der Waals surface area contributed by atoms with Crippen LogP contribution in [0, 0.1) is 11.8 Å². The second-order valence-electron chi connectivity index (χ2n) is 17.4. The number of carbonyl (C=O) groups is 11. The normalized spacial score (nSPS) is 24.4. The van der Waals surface area contributed by atoms with Gasteiger partial charge >= 0.3 is 17.9 Å². The van der Waals surface area contributed by atoms with E-state index in [0.717, 1.165) is 0 Å². The SMILES string of the molecule is CC[C@H](C)[C@@H]1NC(=O)[C@H](C(C)C)NC(=O)[C@H](Cc2ccccc2)NC(=O)[C@H](CCC(=O)O)NC(=O)[C@H](CCCCN)NC(=O)[C@H](CCCCN)NC(=O)[C@H](CC(=O)O)NC(=O)[C@H](CC(=O)O)NC1=O. The lowest BCUT2D eigenvalue weighted by Gasteiger charge is -2.31. The number of nitrogens with two attached hydrogens (primary N) is 2. The molecule has 1 fully saturated rings. The van der Waals surface area contributed by atoms with Gasteiger partial charge in [-0.3, -0.25) is 52.7 Å². The van der Waals surface area contributed by atoms with E-state index < -0.39 is 151 Å². The van der Waals surface area contributed by atoms with Crippen molar-refractivity contribution in [3.63, 3.8) is 0 Å². The molecular weight excluding hydrogens is 905 g/mol. The van der Waals surface area contributed by atoms with Crippen molar-refractivity contribution in [1.82, 2.24) is 42.5 Å². The Balaban J connectivity index is 2.87. The number of rotatable bonds is 20. The third-order valence-corrected chi connectivity index (χ3v) is 11.4. The van der Waals surface area contributed by atoms with E-state index in [1.165, 1.54) is 0 Å². The van der Waals surface area contributed by atoms with Gasteiger partial charge in [0.15, 0.2) is 0 Å². The summed E-state index contributed by atoms with van der Waals surface area (Å²) in [4.78, 5) is 148. The average Bonchev–Trinajstić information content (AvgIpc) is 3.28. The maximum atomic E-state index is 14.3. The molecule has 0 spiro atoms.